The fraction of sp³-hybridized carbons (Fsp3) is 1.00. The molecule has 0 aromatic heterocycles. The Bertz CT molecular complexity index is 51.8. The second-order valence-corrected chi connectivity index (χ2v) is 21.5. The molecule has 0 atom stereocenters. The molecule has 56 valence electrons. The molecule has 0 aliphatic heterocycles. The van der Waals surface area contributed by atoms with Crippen LogP contribution in [0.2, 0.25) is 11.9 Å². The summed E-state index contributed by atoms with van der Waals surface area (Å²) in [6.07, 6.45) is 0. The van der Waals surface area contributed by atoms with Crippen LogP contribution in [0, 0.1) is 0 Å². The third-order valence-electron chi connectivity index (χ3n) is 2.37. The Morgan fingerprint density at radius 1 is 1.00 bits per heavy atom. The Balaban J connectivity index is 3.82. The molecule has 0 rings (SSSR count). The molecule has 0 aliphatic carbocycles. The fourth-order valence-corrected chi connectivity index (χ4v) is 10.4. The Hall–Kier alpha value is 0.882. The molecule has 2 heteroatoms. The van der Waals surface area contributed by atoms with Gasteiger partial charge in [-0.05, 0) is 0 Å². The summed E-state index contributed by atoms with van der Waals surface area (Å²) in [5, 5.41) is 0. The zero-order chi connectivity index (χ0) is 7.33. The normalized spacial score (nSPS) is 12.0. The van der Waals surface area contributed by atoms with Crippen LogP contribution in [-0.2, 0) is 2.69 Å². The summed E-state index contributed by atoms with van der Waals surface area (Å²) in [6, 6.07) is 0. The quantitative estimate of drug-likeness (QED) is 0.722. The second kappa shape index (κ2) is 4.66. The van der Waals surface area contributed by atoms with Crippen molar-refractivity contribution >= 4 is 21.6 Å². The average molecular weight is 325 g/mol. The van der Waals surface area contributed by atoms with Gasteiger partial charge in [0.1, 0.15) is 0 Å². The number of rotatable bonds is 4. The first kappa shape index (κ1) is 9.88. The zero-order valence-electron chi connectivity index (χ0n) is 7.03. The molecule has 0 bridgehead atoms. The molecule has 0 aliphatic rings. The van der Waals surface area contributed by atoms with Gasteiger partial charge in [-0.15, -0.1) is 0 Å². The van der Waals surface area contributed by atoms with Crippen molar-refractivity contribution in [2.24, 2.45) is 0 Å². The summed E-state index contributed by atoms with van der Waals surface area (Å²) >= 11 is -2.01. The molecule has 9 heavy (non-hydrogen) atoms. The van der Waals surface area contributed by atoms with Crippen LogP contribution >= 0.6 is 0 Å². The van der Waals surface area contributed by atoms with E-state index < -0.39 is 21.6 Å². The van der Waals surface area contributed by atoms with Crippen molar-refractivity contribution in [1.29, 1.82) is 0 Å². The standard InChI is InChI=1S/3C2H5.CH3O.Pb/c4*1-2;/h3*1H2,2H3;1H3;/q;;;-1;+1. The van der Waals surface area contributed by atoms with E-state index in [9.17, 15) is 0 Å². The van der Waals surface area contributed by atoms with E-state index in [0.29, 0.717) is 0 Å². The van der Waals surface area contributed by atoms with E-state index in [-0.39, 0.29) is 0 Å². The monoisotopic (exact) mass is 326 g/mol. The van der Waals surface area contributed by atoms with Crippen LogP contribution in [0.25, 0.3) is 0 Å². The van der Waals surface area contributed by atoms with Crippen molar-refractivity contribution in [2.75, 3.05) is 7.11 Å². The van der Waals surface area contributed by atoms with E-state index in [0.717, 1.165) is 0 Å². The first-order chi connectivity index (χ1) is 4.24. The van der Waals surface area contributed by atoms with Gasteiger partial charge < -0.3 is 0 Å². The molecular weight excluding hydrogens is 307 g/mol. The van der Waals surface area contributed by atoms with Crippen LogP contribution in [0.3, 0.4) is 0 Å². The molecule has 0 spiro atoms. The van der Waals surface area contributed by atoms with Gasteiger partial charge in [0.15, 0.2) is 0 Å². The van der Waals surface area contributed by atoms with Gasteiger partial charge in [0.05, 0.1) is 0 Å². The first-order valence-corrected chi connectivity index (χ1v) is 13.6. The molecule has 0 radical (unpaired) electrons. The van der Waals surface area contributed by atoms with Crippen LogP contribution in [0.1, 0.15) is 20.8 Å². The topological polar surface area (TPSA) is 9.23 Å². The summed E-state index contributed by atoms with van der Waals surface area (Å²) in [4.78, 5) is 0. The van der Waals surface area contributed by atoms with E-state index in [1.807, 2.05) is 7.11 Å². The maximum atomic E-state index is 5.61. The van der Waals surface area contributed by atoms with Crippen molar-refractivity contribution in [3.05, 3.63) is 0 Å². The van der Waals surface area contributed by atoms with Crippen LogP contribution in [0.5, 0.6) is 0 Å². The van der Waals surface area contributed by atoms with Gasteiger partial charge in [0.2, 0.25) is 0 Å². The van der Waals surface area contributed by atoms with E-state index >= 15 is 0 Å². The summed E-state index contributed by atoms with van der Waals surface area (Å²) in [5.41, 5.74) is 0. The predicted molar refractivity (Wildman–Crippen MR) is 44.2 cm³/mol. The summed E-state index contributed by atoms with van der Waals surface area (Å²) in [7, 11) is 1.90. The van der Waals surface area contributed by atoms with Crippen LogP contribution in [0.4, 0.5) is 0 Å². The Kier molecular flexibility index (Phi) is 5.12. The molecule has 0 amide bonds. The Morgan fingerprint density at radius 3 is 1.33 bits per heavy atom. The Morgan fingerprint density at radius 2 is 1.33 bits per heavy atom. The fourth-order valence-electron chi connectivity index (χ4n) is 1.18. The van der Waals surface area contributed by atoms with Crippen molar-refractivity contribution in [3.63, 3.8) is 0 Å². The minimum atomic E-state index is -2.01. The molecule has 0 saturated carbocycles. The molecule has 0 heterocycles. The van der Waals surface area contributed by atoms with Crippen LogP contribution in [0.15, 0.2) is 0 Å². The third kappa shape index (κ3) is 2.54. The van der Waals surface area contributed by atoms with Gasteiger partial charge >= 0.3 is 64.1 Å². The van der Waals surface area contributed by atoms with Gasteiger partial charge in [-0.3, -0.25) is 0 Å². The Labute approximate surface area is 64.1 Å². The molecule has 0 N–H and O–H groups in total. The zero-order valence-corrected chi connectivity index (χ0v) is 10.9. The van der Waals surface area contributed by atoms with Gasteiger partial charge in [-0.1, -0.05) is 0 Å². The van der Waals surface area contributed by atoms with E-state index in [1.165, 1.54) is 11.9 Å². The van der Waals surface area contributed by atoms with E-state index in [2.05, 4.69) is 20.8 Å². The summed E-state index contributed by atoms with van der Waals surface area (Å²) < 4.78 is 9.64. The second-order valence-electron chi connectivity index (χ2n) is 2.45. The molecule has 0 aromatic rings. The molecular formula is C7H18OPb. The van der Waals surface area contributed by atoms with Crippen LogP contribution < -0.4 is 0 Å². The van der Waals surface area contributed by atoms with E-state index in [4.69, 9.17) is 2.69 Å². The van der Waals surface area contributed by atoms with Crippen molar-refractivity contribution in [2.45, 2.75) is 32.7 Å². The summed E-state index contributed by atoms with van der Waals surface area (Å²) in [6.45, 7) is 6.83. The number of hydrogen-bond donors (Lipinski definition) is 0. The SMILES string of the molecule is C[CH2][Pb]([CH2]C)([CH2]C)[O]C. The molecule has 1 nitrogen and oxygen atoms in total. The third-order valence-corrected chi connectivity index (χ3v) is 20.8. The van der Waals surface area contributed by atoms with Crippen molar-refractivity contribution in [1.82, 2.24) is 0 Å². The van der Waals surface area contributed by atoms with E-state index in [1.54, 1.807) is 0 Å². The molecule has 0 aromatic carbocycles. The van der Waals surface area contributed by atoms with Gasteiger partial charge in [0.25, 0.3) is 0 Å². The van der Waals surface area contributed by atoms with Crippen molar-refractivity contribution < 1.29 is 2.69 Å². The molecule has 0 fully saturated rings. The number of hydrogen-bond acceptors (Lipinski definition) is 1. The molecule has 0 saturated heterocycles. The minimum absolute atomic E-state index is 1.34. The summed E-state index contributed by atoms with van der Waals surface area (Å²) in [5.74, 6) is 0. The van der Waals surface area contributed by atoms with Gasteiger partial charge in [-0.2, -0.15) is 0 Å². The first-order valence-electron chi connectivity index (χ1n) is 3.79. The molecule has 0 unspecified atom stereocenters. The van der Waals surface area contributed by atoms with Crippen LogP contribution in [-0.4, -0.2) is 28.7 Å². The maximum absolute atomic E-state index is 5.61. The van der Waals surface area contributed by atoms with Gasteiger partial charge in [0, 0.05) is 0 Å². The van der Waals surface area contributed by atoms with Crippen molar-refractivity contribution in [3.8, 4) is 0 Å². The average Bonchev–Trinajstić information content (AvgIpc) is 1.95. The van der Waals surface area contributed by atoms with Gasteiger partial charge in [-0.25, -0.2) is 0 Å². The predicted octanol–water partition coefficient (Wildman–Crippen LogP) is 2.64.